The summed E-state index contributed by atoms with van der Waals surface area (Å²) < 4.78 is 5.69. The summed E-state index contributed by atoms with van der Waals surface area (Å²) in [5, 5.41) is 0. The highest BCUT2D eigenvalue weighted by Crippen LogP contribution is 2.38. The van der Waals surface area contributed by atoms with E-state index < -0.39 is 0 Å². The Morgan fingerprint density at radius 3 is 2.75 bits per heavy atom. The summed E-state index contributed by atoms with van der Waals surface area (Å²) in [5.74, 6) is 0. The van der Waals surface area contributed by atoms with Crippen LogP contribution in [0.4, 0.5) is 0 Å². The average Bonchev–Trinajstić information content (AvgIpc) is 2.64. The number of hydrogen-bond acceptors (Lipinski definition) is 3. The molecule has 16 heavy (non-hydrogen) atoms. The van der Waals surface area contributed by atoms with Crippen molar-refractivity contribution in [2.45, 2.75) is 45.1 Å². The fraction of sp³-hybridized carbons (Fsp3) is 1.00. The predicted molar refractivity (Wildman–Crippen MR) is 66.4 cm³/mol. The Labute approximate surface area is 99.3 Å². The largest absolute Gasteiger partial charge is 0.377 e. The number of nitrogens with two attached hydrogens (primary N) is 1. The zero-order valence-electron chi connectivity index (χ0n) is 10.6. The SMILES string of the molecule is CC1CN(CC2(CN)CCCC2)CCCO1. The lowest BCUT2D eigenvalue weighted by molar-refractivity contribution is 0.0599. The minimum Gasteiger partial charge on any atom is -0.377 e. The quantitative estimate of drug-likeness (QED) is 0.794. The minimum atomic E-state index is 0.388. The molecule has 0 amide bonds. The topological polar surface area (TPSA) is 38.5 Å². The number of ether oxygens (including phenoxy) is 1. The summed E-state index contributed by atoms with van der Waals surface area (Å²) in [7, 11) is 0. The van der Waals surface area contributed by atoms with E-state index >= 15 is 0 Å². The van der Waals surface area contributed by atoms with Crippen LogP contribution in [0.2, 0.25) is 0 Å². The van der Waals surface area contributed by atoms with E-state index in [2.05, 4.69) is 11.8 Å². The Kier molecular flexibility index (Phi) is 4.22. The summed E-state index contributed by atoms with van der Waals surface area (Å²) in [5.41, 5.74) is 6.42. The van der Waals surface area contributed by atoms with Gasteiger partial charge in [0, 0.05) is 26.2 Å². The smallest absolute Gasteiger partial charge is 0.0673 e. The van der Waals surface area contributed by atoms with Crippen LogP contribution in [0.1, 0.15) is 39.0 Å². The van der Waals surface area contributed by atoms with Gasteiger partial charge in [0.2, 0.25) is 0 Å². The Bertz CT molecular complexity index is 214. The van der Waals surface area contributed by atoms with Crippen molar-refractivity contribution in [1.29, 1.82) is 0 Å². The van der Waals surface area contributed by atoms with Crippen LogP contribution in [0, 0.1) is 5.41 Å². The molecule has 1 saturated carbocycles. The van der Waals surface area contributed by atoms with Crippen molar-refractivity contribution in [3.63, 3.8) is 0 Å². The van der Waals surface area contributed by atoms with Gasteiger partial charge in [-0.05, 0) is 38.1 Å². The van der Waals surface area contributed by atoms with Crippen molar-refractivity contribution < 1.29 is 4.74 Å². The van der Waals surface area contributed by atoms with Crippen LogP contribution in [0.25, 0.3) is 0 Å². The first kappa shape index (κ1) is 12.3. The van der Waals surface area contributed by atoms with Crippen molar-refractivity contribution >= 4 is 0 Å². The van der Waals surface area contributed by atoms with E-state index in [1.165, 1.54) is 45.2 Å². The zero-order chi connectivity index (χ0) is 11.4. The first-order chi connectivity index (χ1) is 7.74. The Balaban J connectivity index is 1.91. The number of hydrogen-bond donors (Lipinski definition) is 1. The fourth-order valence-electron chi connectivity index (χ4n) is 3.25. The Hall–Kier alpha value is -0.120. The highest BCUT2D eigenvalue weighted by atomic mass is 16.5. The zero-order valence-corrected chi connectivity index (χ0v) is 10.6. The van der Waals surface area contributed by atoms with Crippen molar-refractivity contribution in [2.75, 3.05) is 32.8 Å². The van der Waals surface area contributed by atoms with Crippen LogP contribution >= 0.6 is 0 Å². The molecular formula is C13H26N2O. The molecule has 1 heterocycles. The van der Waals surface area contributed by atoms with E-state index in [1.807, 2.05) is 0 Å². The molecule has 0 bridgehead atoms. The molecule has 2 fully saturated rings. The predicted octanol–water partition coefficient (Wildman–Crippen LogP) is 1.62. The molecule has 1 saturated heterocycles. The van der Waals surface area contributed by atoms with Crippen molar-refractivity contribution in [2.24, 2.45) is 11.1 Å². The minimum absolute atomic E-state index is 0.388. The lowest BCUT2D eigenvalue weighted by Gasteiger charge is -2.34. The molecular weight excluding hydrogens is 200 g/mol. The molecule has 3 nitrogen and oxygen atoms in total. The maximum atomic E-state index is 6.00. The molecule has 2 N–H and O–H groups in total. The summed E-state index contributed by atoms with van der Waals surface area (Å²) in [6.07, 6.45) is 6.96. The van der Waals surface area contributed by atoms with Gasteiger partial charge in [-0.2, -0.15) is 0 Å². The van der Waals surface area contributed by atoms with Crippen LogP contribution in [0.5, 0.6) is 0 Å². The maximum absolute atomic E-state index is 6.00. The van der Waals surface area contributed by atoms with Gasteiger partial charge in [-0.3, -0.25) is 0 Å². The summed E-state index contributed by atoms with van der Waals surface area (Å²) in [4.78, 5) is 2.58. The van der Waals surface area contributed by atoms with Gasteiger partial charge in [0.25, 0.3) is 0 Å². The first-order valence-corrected chi connectivity index (χ1v) is 6.78. The third-order valence-electron chi connectivity index (χ3n) is 4.19. The second-order valence-electron chi connectivity index (χ2n) is 5.68. The van der Waals surface area contributed by atoms with Gasteiger partial charge >= 0.3 is 0 Å². The molecule has 2 rings (SSSR count). The van der Waals surface area contributed by atoms with E-state index in [-0.39, 0.29) is 0 Å². The molecule has 94 valence electrons. The van der Waals surface area contributed by atoms with Gasteiger partial charge in [-0.1, -0.05) is 12.8 Å². The van der Waals surface area contributed by atoms with Gasteiger partial charge in [-0.15, -0.1) is 0 Å². The normalized spacial score (nSPS) is 31.5. The summed E-state index contributed by atoms with van der Waals surface area (Å²) in [6.45, 7) is 7.43. The van der Waals surface area contributed by atoms with Crippen molar-refractivity contribution in [3.05, 3.63) is 0 Å². The molecule has 0 spiro atoms. The third-order valence-corrected chi connectivity index (χ3v) is 4.19. The van der Waals surface area contributed by atoms with Crippen LogP contribution in [0.15, 0.2) is 0 Å². The second kappa shape index (κ2) is 5.48. The highest BCUT2D eigenvalue weighted by molar-refractivity contribution is 4.89. The molecule has 0 aromatic heterocycles. The standard InChI is InChI=1S/C13H26N2O/c1-12-9-15(7-4-8-16-12)11-13(10-14)5-2-3-6-13/h12H,2-11,14H2,1H3. The maximum Gasteiger partial charge on any atom is 0.0673 e. The van der Waals surface area contributed by atoms with E-state index in [0.717, 1.165) is 19.7 Å². The molecule has 1 atom stereocenters. The third kappa shape index (κ3) is 2.96. The van der Waals surface area contributed by atoms with Gasteiger partial charge in [-0.25, -0.2) is 0 Å². The van der Waals surface area contributed by atoms with Crippen molar-refractivity contribution in [3.8, 4) is 0 Å². The number of rotatable bonds is 3. The molecule has 1 unspecified atom stereocenters. The van der Waals surface area contributed by atoms with E-state index in [4.69, 9.17) is 10.5 Å². The van der Waals surface area contributed by atoms with Crippen LogP contribution in [0.3, 0.4) is 0 Å². The molecule has 0 aromatic carbocycles. The summed E-state index contributed by atoms with van der Waals surface area (Å²) in [6, 6.07) is 0. The Morgan fingerprint density at radius 1 is 1.31 bits per heavy atom. The molecule has 0 radical (unpaired) electrons. The van der Waals surface area contributed by atoms with Gasteiger partial charge in [0.05, 0.1) is 6.10 Å². The molecule has 2 aliphatic rings. The lowest BCUT2D eigenvalue weighted by atomic mass is 9.85. The fourth-order valence-corrected chi connectivity index (χ4v) is 3.25. The van der Waals surface area contributed by atoms with E-state index in [0.29, 0.717) is 11.5 Å². The first-order valence-electron chi connectivity index (χ1n) is 6.78. The van der Waals surface area contributed by atoms with Crippen molar-refractivity contribution in [1.82, 2.24) is 4.90 Å². The average molecular weight is 226 g/mol. The highest BCUT2D eigenvalue weighted by Gasteiger charge is 2.34. The van der Waals surface area contributed by atoms with Crippen LogP contribution in [-0.2, 0) is 4.74 Å². The lowest BCUT2D eigenvalue weighted by Crippen LogP contribution is -2.43. The monoisotopic (exact) mass is 226 g/mol. The van der Waals surface area contributed by atoms with Gasteiger partial charge in [0.1, 0.15) is 0 Å². The molecule has 1 aliphatic heterocycles. The van der Waals surface area contributed by atoms with Crippen LogP contribution < -0.4 is 5.73 Å². The molecule has 0 aromatic rings. The van der Waals surface area contributed by atoms with E-state index in [9.17, 15) is 0 Å². The van der Waals surface area contributed by atoms with Gasteiger partial charge < -0.3 is 15.4 Å². The van der Waals surface area contributed by atoms with E-state index in [1.54, 1.807) is 0 Å². The number of nitrogens with zero attached hydrogens (tertiary/aromatic N) is 1. The van der Waals surface area contributed by atoms with Gasteiger partial charge in [0.15, 0.2) is 0 Å². The molecule has 1 aliphatic carbocycles. The second-order valence-corrected chi connectivity index (χ2v) is 5.68. The van der Waals surface area contributed by atoms with Crippen LogP contribution in [-0.4, -0.2) is 43.8 Å². The summed E-state index contributed by atoms with van der Waals surface area (Å²) >= 11 is 0. The Morgan fingerprint density at radius 2 is 2.06 bits per heavy atom. The molecule has 3 heteroatoms.